The molecule has 0 aliphatic heterocycles. The molecule has 0 bridgehead atoms. The predicted molar refractivity (Wildman–Crippen MR) is 94.3 cm³/mol. The first kappa shape index (κ1) is 16.1. The molecule has 10 heteroatoms. The van der Waals surface area contributed by atoms with E-state index in [1.54, 1.807) is 29.9 Å². The highest BCUT2D eigenvalue weighted by atomic mass is 32.1. The molecule has 24 heavy (non-hydrogen) atoms. The number of thiazole rings is 2. The molecule has 0 saturated carbocycles. The quantitative estimate of drug-likeness (QED) is 0.422. The van der Waals surface area contributed by atoms with Crippen LogP contribution in [0.2, 0.25) is 0 Å². The van der Waals surface area contributed by atoms with Crippen LogP contribution < -0.4 is 5.73 Å². The lowest BCUT2D eigenvalue weighted by Gasteiger charge is -2.10. The molecule has 0 saturated heterocycles. The first-order valence-corrected chi connectivity index (χ1v) is 8.52. The van der Waals surface area contributed by atoms with Gasteiger partial charge in [0.2, 0.25) is 0 Å². The SMILES string of the molecule is CN(Cc1csc(N)n1)/N=C\c1c(C=O)n(C)c2nc(C#N)sc12. The molecule has 3 rings (SSSR count). The molecule has 8 nitrogen and oxygen atoms in total. The van der Waals surface area contributed by atoms with Gasteiger partial charge in [-0.2, -0.15) is 10.4 Å². The highest BCUT2D eigenvalue weighted by Gasteiger charge is 2.18. The maximum absolute atomic E-state index is 11.4. The van der Waals surface area contributed by atoms with Crippen LogP contribution in [-0.4, -0.2) is 39.1 Å². The molecule has 0 amide bonds. The lowest BCUT2D eigenvalue weighted by atomic mass is 10.3. The van der Waals surface area contributed by atoms with Crippen molar-refractivity contribution < 1.29 is 4.79 Å². The Labute approximate surface area is 145 Å². The minimum Gasteiger partial charge on any atom is -0.375 e. The van der Waals surface area contributed by atoms with Crippen LogP contribution in [0, 0.1) is 11.3 Å². The Morgan fingerprint density at radius 3 is 2.96 bits per heavy atom. The van der Waals surface area contributed by atoms with Crippen LogP contribution in [0.5, 0.6) is 0 Å². The number of hydrogen-bond donors (Lipinski definition) is 1. The molecule has 0 aliphatic carbocycles. The van der Waals surface area contributed by atoms with Gasteiger partial charge >= 0.3 is 0 Å². The van der Waals surface area contributed by atoms with Gasteiger partial charge in [0.1, 0.15) is 6.07 Å². The lowest BCUT2D eigenvalue weighted by Crippen LogP contribution is -2.11. The number of nitrogens with zero attached hydrogens (tertiary/aromatic N) is 6. The van der Waals surface area contributed by atoms with E-state index < -0.39 is 0 Å². The van der Waals surface area contributed by atoms with Crippen molar-refractivity contribution in [2.75, 3.05) is 12.8 Å². The number of nitrogens with two attached hydrogens (primary N) is 1. The third-order valence-corrected chi connectivity index (χ3v) is 5.07. The van der Waals surface area contributed by atoms with Crippen molar-refractivity contribution in [3.05, 3.63) is 27.3 Å². The summed E-state index contributed by atoms with van der Waals surface area (Å²) < 4.78 is 2.44. The maximum Gasteiger partial charge on any atom is 0.196 e. The van der Waals surface area contributed by atoms with Crippen LogP contribution in [0.3, 0.4) is 0 Å². The van der Waals surface area contributed by atoms with E-state index in [2.05, 4.69) is 15.1 Å². The van der Waals surface area contributed by atoms with Gasteiger partial charge in [-0.05, 0) is 0 Å². The summed E-state index contributed by atoms with van der Waals surface area (Å²) in [4.78, 5) is 19.8. The molecular weight excluding hydrogens is 346 g/mol. The zero-order valence-corrected chi connectivity index (χ0v) is 14.6. The Bertz CT molecular complexity index is 975. The van der Waals surface area contributed by atoms with Gasteiger partial charge in [-0.15, -0.1) is 22.7 Å². The minimum atomic E-state index is 0.356. The van der Waals surface area contributed by atoms with Crippen molar-refractivity contribution in [2.24, 2.45) is 12.1 Å². The summed E-state index contributed by atoms with van der Waals surface area (Å²) >= 11 is 2.62. The number of aromatic nitrogens is 3. The van der Waals surface area contributed by atoms with Crippen LogP contribution in [0.15, 0.2) is 10.5 Å². The highest BCUT2D eigenvalue weighted by Crippen LogP contribution is 2.28. The van der Waals surface area contributed by atoms with Gasteiger partial charge < -0.3 is 10.3 Å². The molecule has 122 valence electrons. The lowest BCUT2D eigenvalue weighted by molar-refractivity contribution is 0.111. The van der Waals surface area contributed by atoms with Crippen molar-refractivity contribution in [3.8, 4) is 6.07 Å². The van der Waals surface area contributed by atoms with Gasteiger partial charge in [-0.1, -0.05) is 0 Å². The van der Waals surface area contributed by atoms with E-state index >= 15 is 0 Å². The number of rotatable bonds is 5. The topological polar surface area (TPSA) is 113 Å². The molecule has 0 unspecified atom stereocenters. The summed E-state index contributed by atoms with van der Waals surface area (Å²) in [5.41, 5.74) is 8.18. The molecule has 3 aromatic heterocycles. The van der Waals surface area contributed by atoms with Crippen LogP contribution in [0.25, 0.3) is 10.3 Å². The summed E-state index contributed by atoms with van der Waals surface area (Å²) in [5.74, 6) is 0. The molecule has 3 aromatic rings. The van der Waals surface area contributed by atoms with Crippen LogP contribution >= 0.6 is 22.7 Å². The molecule has 0 radical (unpaired) electrons. The summed E-state index contributed by atoms with van der Waals surface area (Å²) in [6.45, 7) is 0.503. The first-order chi connectivity index (χ1) is 11.5. The predicted octanol–water partition coefficient (Wildman–Crippen LogP) is 1.82. The molecule has 3 heterocycles. The Morgan fingerprint density at radius 1 is 1.54 bits per heavy atom. The molecular formula is C14H13N7OS2. The summed E-state index contributed by atoms with van der Waals surface area (Å²) in [6.07, 6.45) is 2.38. The Balaban J connectivity index is 1.92. The number of nitriles is 1. The van der Waals surface area contributed by atoms with E-state index in [4.69, 9.17) is 11.0 Å². The van der Waals surface area contributed by atoms with Crippen molar-refractivity contribution >= 4 is 50.7 Å². The van der Waals surface area contributed by atoms with E-state index in [0.717, 1.165) is 16.7 Å². The van der Waals surface area contributed by atoms with E-state index in [1.807, 2.05) is 11.4 Å². The average molecular weight is 359 g/mol. The second kappa shape index (κ2) is 6.38. The second-order valence-corrected chi connectivity index (χ2v) is 6.89. The van der Waals surface area contributed by atoms with Crippen molar-refractivity contribution in [3.63, 3.8) is 0 Å². The number of fused-ring (bicyclic) bond motifs is 1. The fourth-order valence-corrected chi connectivity index (χ4v) is 3.73. The number of anilines is 1. The van der Waals surface area contributed by atoms with Gasteiger partial charge in [0.05, 0.1) is 28.8 Å². The summed E-state index contributed by atoms with van der Waals surface area (Å²) in [6, 6.07) is 2.03. The molecule has 0 aromatic carbocycles. The zero-order valence-electron chi connectivity index (χ0n) is 12.9. The number of carbonyl (C=O) groups is 1. The number of aldehydes is 1. The molecule has 0 aliphatic rings. The van der Waals surface area contributed by atoms with Crippen LogP contribution in [0.1, 0.15) is 26.8 Å². The number of nitrogen functional groups attached to an aromatic ring is 1. The summed E-state index contributed by atoms with van der Waals surface area (Å²) in [5, 5.41) is 17.8. The van der Waals surface area contributed by atoms with E-state index in [1.165, 1.54) is 22.7 Å². The number of hydrogen-bond acceptors (Lipinski definition) is 9. The van der Waals surface area contributed by atoms with Gasteiger partial charge in [0.25, 0.3) is 0 Å². The first-order valence-electron chi connectivity index (χ1n) is 6.83. The van der Waals surface area contributed by atoms with Crippen LogP contribution in [-0.2, 0) is 13.6 Å². The highest BCUT2D eigenvalue weighted by molar-refractivity contribution is 7.19. The fourth-order valence-electron chi connectivity index (χ4n) is 2.27. The Kier molecular flexibility index (Phi) is 4.28. The standard InChI is InChI=1S/C14H13N7OS2/c1-20(5-8-7-23-14(16)18-8)17-4-9-10(6-22)21(2)13-12(9)24-11(3-15)19-13/h4,6-7H,5H2,1-2H3,(H2,16,18)/b17-4-. The van der Waals surface area contributed by atoms with Gasteiger partial charge in [-0.25, -0.2) is 9.97 Å². The van der Waals surface area contributed by atoms with Crippen LogP contribution in [0.4, 0.5) is 5.13 Å². The normalized spacial score (nSPS) is 11.2. The third kappa shape index (κ3) is 2.86. The molecule has 2 N–H and O–H groups in total. The van der Waals surface area contributed by atoms with Crippen molar-refractivity contribution in [1.29, 1.82) is 5.26 Å². The largest absolute Gasteiger partial charge is 0.375 e. The monoisotopic (exact) mass is 359 g/mol. The third-order valence-electron chi connectivity index (χ3n) is 3.36. The molecule has 0 spiro atoms. The smallest absolute Gasteiger partial charge is 0.196 e. The van der Waals surface area contributed by atoms with Gasteiger partial charge in [0, 0.05) is 25.0 Å². The summed E-state index contributed by atoms with van der Waals surface area (Å²) in [7, 11) is 3.55. The maximum atomic E-state index is 11.4. The number of aryl methyl sites for hydroxylation is 1. The van der Waals surface area contributed by atoms with E-state index in [0.29, 0.717) is 33.6 Å². The number of hydrazone groups is 1. The van der Waals surface area contributed by atoms with Gasteiger partial charge in [0.15, 0.2) is 22.1 Å². The van der Waals surface area contributed by atoms with Gasteiger partial charge in [-0.3, -0.25) is 9.80 Å². The average Bonchev–Trinajstić information content (AvgIpc) is 3.21. The van der Waals surface area contributed by atoms with E-state index in [9.17, 15) is 4.79 Å². The fraction of sp³-hybridized carbons (Fsp3) is 0.214. The second-order valence-electron chi connectivity index (χ2n) is 5.00. The molecule has 0 fully saturated rings. The minimum absolute atomic E-state index is 0.356. The van der Waals surface area contributed by atoms with Crippen molar-refractivity contribution in [2.45, 2.75) is 6.54 Å². The van der Waals surface area contributed by atoms with E-state index in [-0.39, 0.29) is 0 Å². The zero-order chi connectivity index (χ0) is 17.3. The Morgan fingerprint density at radius 2 is 2.33 bits per heavy atom. The Hall–Kier alpha value is -2.77. The molecule has 0 atom stereocenters. The number of carbonyl (C=O) groups excluding carboxylic acids is 1. The van der Waals surface area contributed by atoms with Crippen molar-refractivity contribution in [1.82, 2.24) is 19.5 Å².